The molecule has 0 rings (SSSR count). The first kappa shape index (κ1) is 54.3. The van der Waals surface area contributed by atoms with E-state index < -0.39 is 18.1 Å². The van der Waals surface area contributed by atoms with Gasteiger partial charge in [0.25, 0.3) is 0 Å². The summed E-state index contributed by atoms with van der Waals surface area (Å²) in [5.74, 6) is -1.76. The fraction of sp³-hybridized carbons (Fsp3) is 0.776. The summed E-state index contributed by atoms with van der Waals surface area (Å²) in [6.07, 6.45) is 47.0. The first-order chi connectivity index (χ1) is 27.6. The average Bonchev–Trinajstić information content (AvgIpc) is 3.17. The molecule has 0 radical (unpaired) electrons. The summed E-state index contributed by atoms with van der Waals surface area (Å²) in [5, 5.41) is 11.6. The van der Waals surface area contributed by atoms with Crippen molar-refractivity contribution in [1.82, 2.24) is 0 Å². The zero-order valence-electron chi connectivity index (χ0n) is 37.5. The van der Waals surface area contributed by atoms with Crippen LogP contribution in [0.3, 0.4) is 0 Å². The quantitative estimate of drug-likeness (QED) is 0.0262. The fourth-order valence-corrected chi connectivity index (χ4v) is 6.53. The zero-order valence-corrected chi connectivity index (χ0v) is 37.5. The number of carboxylic acids is 1. The maximum atomic E-state index is 12.7. The highest BCUT2D eigenvalue weighted by Crippen LogP contribution is 2.14. The normalized spacial score (nSPS) is 13.4. The van der Waals surface area contributed by atoms with Gasteiger partial charge in [0, 0.05) is 19.3 Å². The molecule has 0 saturated carbocycles. The molecule has 0 N–H and O–H groups in total. The van der Waals surface area contributed by atoms with E-state index in [9.17, 15) is 19.5 Å². The van der Waals surface area contributed by atoms with E-state index in [-0.39, 0.29) is 42.7 Å². The Labute approximate surface area is 350 Å². The number of rotatable bonds is 41. The van der Waals surface area contributed by atoms with Crippen molar-refractivity contribution in [2.24, 2.45) is 0 Å². The molecule has 0 aromatic heterocycles. The molecule has 0 aromatic carbocycles. The van der Waals surface area contributed by atoms with Crippen LogP contribution in [0.1, 0.15) is 194 Å². The van der Waals surface area contributed by atoms with Gasteiger partial charge in [-0.1, -0.05) is 152 Å². The minimum Gasteiger partial charge on any atom is -0.544 e. The first-order valence-electron chi connectivity index (χ1n) is 23.2. The molecular weight excluding hydrogens is 715 g/mol. The molecular formula is C49H87NO7. The van der Waals surface area contributed by atoms with Gasteiger partial charge in [0.15, 0.2) is 6.10 Å². The Hall–Kier alpha value is -2.71. The standard InChI is InChI=1S/C49H87NO7/c1-6-8-10-12-14-16-18-20-22-23-24-25-26-28-30-32-34-36-38-40-48(52)57-45(43-55-42-41-46(49(53)54)50(3,4)5)44-56-47(51)39-37-35-33-31-29-27-21-19-17-15-13-11-9-7-2/h13-16,19-22,45-46H,6-12,17-18,23-44H2,1-5H3/b15-13-,16-14-,21-19-,22-20-. The van der Waals surface area contributed by atoms with Gasteiger partial charge in [0.1, 0.15) is 12.6 Å². The van der Waals surface area contributed by atoms with Crippen LogP contribution in [0.5, 0.6) is 0 Å². The lowest BCUT2D eigenvalue weighted by molar-refractivity contribution is -0.889. The van der Waals surface area contributed by atoms with Crippen LogP contribution in [-0.2, 0) is 28.6 Å². The average molecular weight is 802 g/mol. The smallest absolute Gasteiger partial charge is 0.306 e. The van der Waals surface area contributed by atoms with E-state index in [1.54, 1.807) is 21.1 Å². The Morgan fingerprint density at radius 3 is 1.40 bits per heavy atom. The number of esters is 2. The lowest BCUT2D eigenvalue weighted by atomic mass is 10.1. The van der Waals surface area contributed by atoms with Gasteiger partial charge in [-0.25, -0.2) is 0 Å². The number of unbranched alkanes of at least 4 members (excludes halogenated alkanes) is 19. The van der Waals surface area contributed by atoms with Gasteiger partial charge in [-0.05, 0) is 70.6 Å². The van der Waals surface area contributed by atoms with Gasteiger partial charge in [-0.3, -0.25) is 9.59 Å². The summed E-state index contributed by atoms with van der Waals surface area (Å²) in [7, 11) is 5.40. The third-order valence-electron chi connectivity index (χ3n) is 10.2. The highest BCUT2D eigenvalue weighted by atomic mass is 16.6. The summed E-state index contributed by atoms with van der Waals surface area (Å²) in [5.41, 5.74) is 0. The number of quaternary nitrogens is 1. The van der Waals surface area contributed by atoms with Crippen molar-refractivity contribution >= 4 is 17.9 Å². The zero-order chi connectivity index (χ0) is 42.1. The van der Waals surface area contributed by atoms with E-state index in [4.69, 9.17) is 14.2 Å². The number of hydrogen-bond donors (Lipinski definition) is 0. The molecule has 0 spiro atoms. The minimum atomic E-state index is -1.13. The summed E-state index contributed by atoms with van der Waals surface area (Å²) in [4.78, 5) is 36.9. The van der Waals surface area contributed by atoms with Crippen LogP contribution in [0.25, 0.3) is 0 Å². The summed E-state index contributed by atoms with van der Waals surface area (Å²) < 4.78 is 17.2. The topological polar surface area (TPSA) is 102 Å². The van der Waals surface area contributed by atoms with Gasteiger partial charge < -0.3 is 28.6 Å². The van der Waals surface area contributed by atoms with E-state index in [1.807, 2.05) is 0 Å². The Morgan fingerprint density at radius 2 is 0.947 bits per heavy atom. The Morgan fingerprint density at radius 1 is 0.526 bits per heavy atom. The molecule has 2 atom stereocenters. The maximum absolute atomic E-state index is 12.7. The van der Waals surface area contributed by atoms with E-state index in [0.717, 1.165) is 70.6 Å². The molecule has 8 heteroatoms. The summed E-state index contributed by atoms with van der Waals surface area (Å²) in [6, 6.07) is -0.729. The van der Waals surface area contributed by atoms with Crippen LogP contribution in [0.15, 0.2) is 48.6 Å². The molecule has 0 amide bonds. The van der Waals surface area contributed by atoms with Crippen molar-refractivity contribution in [2.45, 2.75) is 206 Å². The molecule has 0 aliphatic carbocycles. The second-order valence-corrected chi connectivity index (χ2v) is 16.6. The van der Waals surface area contributed by atoms with Crippen molar-refractivity contribution in [3.05, 3.63) is 48.6 Å². The number of carbonyl (C=O) groups excluding carboxylic acids is 3. The van der Waals surface area contributed by atoms with Gasteiger partial charge in [0.2, 0.25) is 0 Å². The van der Waals surface area contributed by atoms with E-state index in [1.165, 1.54) is 89.9 Å². The predicted octanol–water partition coefficient (Wildman–Crippen LogP) is 11.5. The number of carbonyl (C=O) groups is 3. The third kappa shape index (κ3) is 38.6. The monoisotopic (exact) mass is 802 g/mol. The lowest BCUT2D eigenvalue weighted by Gasteiger charge is -2.34. The van der Waals surface area contributed by atoms with Gasteiger partial charge in [-0.15, -0.1) is 0 Å². The van der Waals surface area contributed by atoms with Crippen molar-refractivity contribution in [3.63, 3.8) is 0 Å². The molecule has 57 heavy (non-hydrogen) atoms. The van der Waals surface area contributed by atoms with Gasteiger partial charge >= 0.3 is 11.9 Å². The lowest BCUT2D eigenvalue weighted by Crippen LogP contribution is -2.55. The number of hydrogen-bond acceptors (Lipinski definition) is 7. The van der Waals surface area contributed by atoms with Crippen molar-refractivity contribution in [2.75, 3.05) is 41.0 Å². The summed E-state index contributed by atoms with van der Waals surface area (Å²) >= 11 is 0. The number of carboxylic acid groups (broad SMARTS) is 1. The molecule has 2 unspecified atom stereocenters. The molecule has 0 aromatic rings. The van der Waals surface area contributed by atoms with Crippen LogP contribution >= 0.6 is 0 Å². The molecule has 0 aliphatic rings. The molecule has 0 heterocycles. The van der Waals surface area contributed by atoms with Gasteiger partial charge in [0.05, 0.1) is 40.3 Å². The Balaban J connectivity index is 4.33. The van der Waals surface area contributed by atoms with Crippen LogP contribution in [-0.4, -0.2) is 75.5 Å². The van der Waals surface area contributed by atoms with Crippen LogP contribution in [0.2, 0.25) is 0 Å². The third-order valence-corrected chi connectivity index (χ3v) is 10.2. The molecule has 0 fully saturated rings. The van der Waals surface area contributed by atoms with Crippen molar-refractivity contribution in [3.8, 4) is 0 Å². The number of nitrogens with zero attached hydrogens (tertiary/aromatic N) is 1. The van der Waals surface area contributed by atoms with Crippen molar-refractivity contribution < 1.29 is 38.2 Å². The molecule has 0 aliphatic heterocycles. The number of likely N-dealkylation sites (N-methyl/N-ethyl adjacent to an activating group) is 1. The highest BCUT2D eigenvalue weighted by Gasteiger charge is 2.25. The predicted molar refractivity (Wildman–Crippen MR) is 236 cm³/mol. The second-order valence-electron chi connectivity index (χ2n) is 16.6. The highest BCUT2D eigenvalue weighted by molar-refractivity contribution is 5.70. The Bertz CT molecular complexity index is 1070. The molecule has 0 bridgehead atoms. The summed E-state index contributed by atoms with van der Waals surface area (Å²) in [6.45, 7) is 4.58. The van der Waals surface area contributed by atoms with Gasteiger partial charge in [-0.2, -0.15) is 0 Å². The molecule has 330 valence electrons. The SMILES string of the molecule is CCCC/C=C\C/C=C\CCCCCCCC(=O)OCC(COCCC(C(=O)[O-])[N+](C)(C)C)OC(=O)CCCCCCCCCCC/C=C\C/C=C\CCCCC. The van der Waals surface area contributed by atoms with Crippen LogP contribution < -0.4 is 5.11 Å². The maximum Gasteiger partial charge on any atom is 0.306 e. The second kappa shape index (κ2) is 40.1. The first-order valence-corrected chi connectivity index (χ1v) is 23.2. The molecule has 0 saturated heterocycles. The number of ether oxygens (including phenoxy) is 3. The largest absolute Gasteiger partial charge is 0.544 e. The minimum absolute atomic E-state index is 0.0341. The van der Waals surface area contributed by atoms with Crippen LogP contribution in [0, 0.1) is 0 Å². The Kier molecular flexibility index (Phi) is 38.2. The number of aliphatic carboxylic acids is 1. The fourth-order valence-electron chi connectivity index (χ4n) is 6.53. The van der Waals surface area contributed by atoms with E-state index >= 15 is 0 Å². The van der Waals surface area contributed by atoms with E-state index in [2.05, 4.69) is 62.5 Å². The van der Waals surface area contributed by atoms with Crippen LogP contribution in [0.4, 0.5) is 0 Å². The van der Waals surface area contributed by atoms with E-state index in [0.29, 0.717) is 12.8 Å². The van der Waals surface area contributed by atoms with Crippen molar-refractivity contribution in [1.29, 1.82) is 0 Å². The number of allylic oxidation sites excluding steroid dienone is 8. The molecule has 8 nitrogen and oxygen atoms in total.